The SMILES string of the molecule is CCn1nc(C)c(CN[C@H](C)Cn2nc(C)cc2C)c1C. The predicted molar refractivity (Wildman–Crippen MR) is 85.4 cm³/mol. The van der Waals surface area contributed by atoms with Crippen LogP contribution in [0.4, 0.5) is 0 Å². The molecule has 2 heterocycles. The van der Waals surface area contributed by atoms with Crippen LogP contribution in [0.25, 0.3) is 0 Å². The van der Waals surface area contributed by atoms with Crippen LogP contribution in [0.2, 0.25) is 0 Å². The van der Waals surface area contributed by atoms with Gasteiger partial charge in [0, 0.05) is 36.1 Å². The van der Waals surface area contributed by atoms with E-state index in [0.717, 1.165) is 31.0 Å². The molecule has 5 heteroatoms. The minimum Gasteiger partial charge on any atom is -0.308 e. The molecule has 0 spiro atoms. The maximum Gasteiger partial charge on any atom is 0.0641 e. The van der Waals surface area contributed by atoms with E-state index in [-0.39, 0.29) is 0 Å². The minimum atomic E-state index is 0.367. The van der Waals surface area contributed by atoms with Crippen molar-refractivity contribution in [3.8, 4) is 0 Å². The van der Waals surface area contributed by atoms with Gasteiger partial charge in [0.15, 0.2) is 0 Å². The number of hydrogen-bond acceptors (Lipinski definition) is 3. The zero-order valence-electron chi connectivity index (χ0n) is 14.1. The Morgan fingerprint density at radius 3 is 2.38 bits per heavy atom. The van der Waals surface area contributed by atoms with Gasteiger partial charge in [-0.25, -0.2) is 0 Å². The topological polar surface area (TPSA) is 47.7 Å². The summed E-state index contributed by atoms with van der Waals surface area (Å²) in [6.45, 7) is 15.4. The molecule has 0 amide bonds. The van der Waals surface area contributed by atoms with Crippen LogP contribution in [0, 0.1) is 27.7 Å². The first kappa shape index (κ1) is 15.8. The smallest absolute Gasteiger partial charge is 0.0641 e. The van der Waals surface area contributed by atoms with Crippen LogP contribution in [0.1, 0.15) is 42.2 Å². The largest absolute Gasteiger partial charge is 0.308 e. The van der Waals surface area contributed by atoms with Crippen LogP contribution in [0.3, 0.4) is 0 Å². The first-order valence-electron chi connectivity index (χ1n) is 7.69. The highest BCUT2D eigenvalue weighted by atomic mass is 15.3. The van der Waals surface area contributed by atoms with E-state index in [4.69, 9.17) is 0 Å². The molecule has 1 N–H and O–H groups in total. The van der Waals surface area contributed by atoms with Gasteiger partial charge in [0.2, 0.25) is 0 Å². The van der Waals surface area contributed by atoms with Crippen LogP contribution in [0.5, 0.6) is 0 Å². The molecule has 0 saturated carbocycles. The number of rotatable bonds is 6. The molecule has 1 atom stereocenters. The molecule has 2 aromatic rings. The molecule has 0 unspecified atom stereocenters. The molecule has 0 aliphatic carbocycles. The molecule has 0 saturated heterocycles. The Bertz CT molecular complexity index is 608. The monoisotopic (exact) mass is 289 g/mol. The molecule has 2 aromatic heterocycles. The number of nitrogens with one attached hydrogen (secondary N) is 1. The Hall–Kier alpha value is -1.62. The first-order chi connectivity index (χ1) is 9.92. The molecule has 0 fully saturated rings. The summed E-state index contributed by atoms with van der Waals surface area (Å²) in [5, 5.41) is 12.7. The lowest BCUT2D eigenvalue weighted by Gasteiger charge is -2.15. The zero-order chi connectivity index (χ0) is 15.6. The summed E-state index contributed by atoms with van der Waals surface area (Å²) >= 11 is 0. The number of aryl methyl sites for hydroxylation is 4. The van der Waals surface area contributed by atoms with E-state index < -0.39 is 0 Å². The lowest BCUT2D eigenvalue weighted by molar-refractivity contribution is 0.443. The molecule has 0 radical (unpaired) electrons. The number of hydrogen-bond donors (Lipinski definition) is 1. The maximum atomic E-state index is 4.57. The summed E-state index contributed by atoms with van der Waals surface area (Å²) in [6, 6.07) is 2.48. The van der Waals surface area contributed by atoms with Crippen molar-refractivity contribution in [1.29, 1.82) is 0 Å². The Kier molecular flexibility index (Phi) is 4.83. The van der Waals surface area contributed by atoms with Gasteiger partial charge in [-0.15, -0.1) is 0 Å². The standard InChI is InChI=1S/C16H27N5/c1-7-20-15(6)16(14(5)19-20)9-17-12(3)10-21-13(4)8-11(2)18-21/h8,12,17H,7,9-10H2,1-6H3/t12-/m1/s1. The summed E-state index contributed by atoms with van der Waals surface area (Å²) in [7, 11) is 0. The van der Waals surface area contributed by atoms with Crippen molar-refractivity contribution in [2.45, 2.75) is 67.2 Å². The van der Waals surface area contributed by atoms with Gasteiger partial charge in [0.25, 0.3) is 0 Å². The fraction of sp³-hybridized carbons (Fsp3) is 0.625. The molecule has 5 nitrogen and oxygen atoms in total. The Morgan fingerprint density at radius 2 is 1.86 bits per heavy atom. The van der Waals surface area contributed by atoms with Gasteiger partial charge in [-0.1, -0.05) is 0 Å². The molecule has 21 heavy (non-hydrogen) atoms. The summed E-state index contributed by atoms with van der Waals surface area (Å²) in [5.74, 6) is 0. The van der Waals surface area contributed by atoms with E-state index in [0.29, 0.717) is 6.04 Å². The Morgan fingerprint density at radius 1 is 1.14 bits per heavy atom. The highest BCUT2D eigenvalue weighted by Gasteiger charge is 2.12. The summed E-state index contributed by atoms with van der Waals surface area (Å²) < 4.78 is 4.14. The van der Waals surface area contributed by atoms with E-state index in [1.165, 1.54) is 17.0 Å². The first-order valence-corrected chi connectivity index (χ1v) is 7.69. The van der Waals surface area contributed by atoms with Gasteiger partial charge < -0.3 is 5.32 Å². The van der Waals surface area contributed by atoms with Gasteiger partial charge in [-0.05, 0) is 47.6 Å². The van der Waals surface area contributed by atoms with Crippen LogP contribution >= 0.6 is 0 Å². The van der Waals surface area contributed by atoms with Crippen molar-refractivity contribution in [3.05, 3.63) is 34.4 Å². The van der Waals surface area contributed by atoms with E-state index in [1.54, 1.807) is 0 Å². The van der Waals surface area contributed by atoms with E-state index in [2.05, 4.69) is 65.6 Å². The fourth-order valence-electron chi connectivity index (χ4n) is 2.76. The molecular formula is C16H27N5. The second-order valence-corrected chi connectivity index (χ2v) is 5.86. The number of aromatic nitrogens is 4. The van der Waals surface area contributed by atoms with E-state index in [1.807, 2.05) is 6.92 Å². The summed E-state index contributed by atoms with van der Waals surface area (Å²) in [6.07, 6.45) is 0. The van der Waals surface area contributed by atoms with Crippen molar-refractivity contribution >= 4 is 0 Å². The lowest BCUT2D eigenvalue weighted by atomic mass is 10.2. The van der Waals surface area contributed by atoms with Gasteiger partial charge in [-0.3, -0.25) is 9.36 Å². The summed E-state index contributed by atoms with van der Waals surface area (Å²) in [5.41, 5.74) is 6.00. The van der Waals surface area contributed by atoms with Crippen LogP contribution < -0.4 is 5.32 Å². The molecule has 2 rings (SSSR count). The molecule has 0 aliphatic rings. The van der Waals surface area contributed by atoms with Gasteiger partial charge >= 0.3 is 0 Å². The van der Waals surface area contributed by atoms with Crippen LogP contribution in [-0.2, 0) is 19.6 Å². The third-order valence-electron chi connectivity index (χ3n) is 4.01. The minimum absolute atomic E-state index is 0.367. The van der Waals surface area contributed by atoms with Crippen molar-refractivity contribution in [2.75, 3.05) is 0 Å². The summed E-state index contributed by atoms with van der Waals surface area (Å²) in [4.78, 5) is 0. The second-order valence-electron chi connectivity index (χ2n) is 5.86. The third-order valence-corrected chi connectivity index (χ3v) is 4.01. The third kappa shape index (κ3) is 3.53. The number of nitrogens with zero attached hydrogens (tertiary/aromatic N) is 4. The quantitative estimate of drug-likeness (QED) is 0.889. The van der Waals surface area contributed by atoms with Crippen molar-refractivity contribution in [1.82, 2.24) is 24.9 Å². The van der Waals surface area contributed by atoms with Gasteiger partial charge in [0.1, 0.15) is 0 Å². The fourth-order valence-corrected chi connectivity index (χ4v) is 2.76. The zero-order valence-corrected chi connectivity index (χ0v) is 14.1. The van der Waals surface area contributed by atoms with Crippen molar-refractivity contribution < 1.29 is 0 Å². The van der Waals surface area contributed by atoms with Crippen molar-refractivity contribution in [3.63, 3.8) is 0 Å². The normalized spacial score (nSPS) is 12.9. The molecular weight excluding hydrogens is 262 g/mol. The average molecular weight is 289 g/mol. The van der Waals surface area contributed by atoms with E-state index >= 15 is 0 Å². The highest BCUT2D eigenvalue weighted by Crippen LogP contribution is 2.13. The average Bonchev–Trinajstić information content (AvgIpc) is 2.87. The lowest BCUT2D eigenvalue weighted by Crippen LogP contribution is -2.31. The Balaban J connectivity index is 1.97. The molecule has 0 aromatic carbocycles. The van der Waals surface area contributed by atoms with Gasteiger partial charge in [0.05, 0.1) is 17.9 Å². The second kappa shape index (κ2) is 6.43. The molecule has 116 valence electrons. The van der Waals surface area contributed by atoms with Gasteiger partial charge in [-0.2, -0.15) is 10.2 Å². The highest BCUT2D eigenvalue weighted by molar-refractivity contribution is 5.24. The Labute approximate surface area is 127 Å². The molecule has 0 bridgehead atoms. The molecule has 0 aliphatic heterocycles. The predicted octanol–water partition coefficient (Wildman–Crippen LogP) is 2.51. The van der Waals surface area contributed by atoms with Crippen LogP contribution in [0.15, 0.2) is 6.07 Å². The van der Waals surface area contributed by atoms with Crippen LogP contribution in [-0.4, -0.2) is 25.6 Å². The van der Waals surface area contributed by atoms with E-state index in [9.17, 15) is 0 Å². The van der Waals surface area contributed by atoms with Crippen molar-refractivity contribution in [2.24, 2.45) is 0 Å². The maximum absolute atomic E-state index is 4.57.